The summed E-state index contributed by atoms with van der Waals surface area (Å²) < 4.78 is 41.6. The first-order valence-corrected chi connectivity index (χ1v) is 14.7. The highest BCUT2D eigenvalue weighted by Gasteiger charge is 2.57. The number of carbonyl (C=O) groups is 3. The lowest BCUT2D eigenvalue weighted by Gasteiger charge is -2.30. The van der Waals surface area contributed by atoms with E-state index in [1.165, 1.54) is 22.8 Å². The van der Waals surface area contributed by atoms with Gasteiger partial charge < -0.3 is 10.4 Å². The van der Waals surface area contributed by atoms with Gasteiger partial charge in [-0.25, -0.2) is 4.90 Å². The number of aryl methyl sites for hydroxylation is 1. The van der Waals surface area contributed by atoms with Gasteiger partial charge in [-0.15, -0.1) is 0 Å². The molecule has 3 atom stereocenters. The lowest BCUT2D eigenvalue weighted by Crippen LogP contribution is -2.33. The number of carbonyl (C=O) groups excluding carboxylic acids is 3. The fourth-order valence-electron chi connectivity index (χ4n) is 5.35. The number of rotatable bonds is 5. The molecule has 13 heteroatoms. The Morgan fingerprint density at radius 1 is 0.977 bits per heavy atom. The summed E-state index contributed by atoms with van der Waals surface area (Å²) in [5, 5.41) is 11.9. The number of aromatic nitrogens is 1. The van der Waals surface area contributed by atoms with Crippen molar-refractivity contribution in [2.24, 2.45) is 5.92 Å². The molecule has 0 spiro atoms. The topological polar surface area (TPSA) is 109 Å². The number of thioether (sulfide) groups is 1. The molecule has 2 aliphatic heterocycles. The van der Waals surface area contributed by atoms with Crippen LogP contribution in [-0.4, -0.2) is 32.6 Å². The number of anilines is 2. The molecule has 3 amide bonds. The van der Waals surface area contributed by atoms with E-state index in [4.69, 9.17) is 0 Å². The summed E-state index contributed by atoms with van der Waals surface area (Å²) in [6.07, 6.45) is -4.68. The minimum Gasteiger partial charge on any atom is -0.508 e. The fourth-order valence-corrected chi connectivity index (χ4v) is 8.13. The van der Waals surface area contributed by atoms with E-state index in [1.54, 1.807) is 24.3 Å². The van der Waals surface area contributed by atoms with Crippen LogP contribution < -0.4 is 15.1 Å². The maximum absolute atomic E-state index is 13.9. The number of halogens is 3. The van der Waals surface area contributed by atoms with Crippen LogP contribution in [0, 0.1) is 12.8 Å². The molecule has 2 N–H and O–H groups in total. The molecule has 0 aliphatic carbocycles. The van der Waals surface area contributed by atoms with Crippen LogP contribution in [0.3, 0.4) is 0 Å². The predicted molar refractivity (Wildman–Crippen MR) is 155 cm³/mol. The standard InChI is InChI=1S/C30H22F3N3O5S2/c1-15-5-9-18(10-6-15)34-21(38)14-35-28-25(43-29(35)41)22(16-7-11-20(37)12-8-16)23-24(42-28)27(40)36(26(23)39)19-4-2-3-17(13-19)30(31,32)33/h2-13,22-24,37H,14H2,1H3,(H,34,38). The molecule has 2 aliphatic rings. The van der Waals surface area contributed by atoms with Crippen molar-refractivity contribution in [1.82, 2.24) is 4.57 Å². The van der Waals surface area contributed by atoms with Gasteiger partial charge in [0.2, 0.25) is 17.7 Å². The van der Waals surface area contributed by atoms with Crippen molar-refractivity contribution < 1.29 is 32.7 Å². The Labute approximate surface area is 250 Å². The summed E-state index contributed by atoms with van der Waals surface area (Å²) in [6.45, 7) is 1.55. The van der Waals surface area contributed by atoms with Gasteiger partial charge in [0.15, 0.2) is 0 Å². The van der Waals surface area contributed by atoms with E-state index < -0.39 is 51.4 Å². The minimum absolute atomic E-state index is 0.0383. The second-order valence-electron chi connectivity index (χ2n) is 10.2. The summed E-state index contributed by atoms with van der Waals surface area (Å²) >= 11 is 1.80. The van der Waals surface area contributed by atoms with Crippen molar-refractivity contribution in [3.05, 3.63) is 104 Å². The first-order valence-electron chi connectivity index (χ1n) is 13.0. The van der Waals surface area contributed by atoms with Crippen LogP contribution >= 0.6 is 23.1 Å². The largest absolute Gasteiger partial charge is 0.508 e. The predicted octanol–water partition coefficient (Wildman–Crippen LogP) is 5.38. The molecule has 3 unspecified atom stereocenters. The summed E-state index contributed by atoms with van der Waals surface area (Å²) in [6, 6.07) is 17.1. The average molecular weight is 626 g/mol. The third-order valence-electron chi connectivity index (χ3n) is 7.37. The number of fused-ring (bicyclic) bond motifs is 2. The molecular formula is C30H22F3N3O5S2. The Hall–Kier alpha value is -4.36. The molecule has 1 aromatic heterocycles. The van der Waals surface area contributed by atoms with E-state index in [2.05, 4.69) is 5.32 Å². The number of benzene rings is 3. The van der Waals surface area contributed by atoms with E-state index in [-0.39, 0.29) is 18.0 Å². The van der Waals surface area contributed by atoms with Crippen molar-refractivity contribution in [2.75, 3.05) is 10.2 Å². The fraction of sp³-hybridized carbons (Fsp3) is 0.200. The normalized spacial score (nSPS) is 19.7. The zero-order chi connectivity index (χ0) is 30.6. The Bertz CT molecular complexity index is 1820. The lowest BCUT2D eigenvalue weighted by atomic mass is 9.83. The van der Waals surface area contributed by atoms with Gasteiger partial charge in [0.25, 0.3) is 0 Å². The van der Waals surface area contributed by atoms with E-state index in [9.17, 15) is 37.5 Å². The van der Waals surface area contributed by atoms with Crippen LogP contribution in [0.25, 0.3) is 0 Å². The number of nitrogens with zero attached hydrogens (tertiary/aromatic N) is 2. The second kappa shape index (κ2) is 10.7. The monoisotopic (exact) mass is 625 g/mol. The highest BCUT2D eigenvalue weighted by Crippen LogP contribution is 2.54. The lowest BCUT2D eigenvalue weighted by molar-refractivity contribution is -0.137. The smallest absolute Gasteiger partial charge is 0.416 e. The number of alkyl halides is 3. The third kappa shape index (κ3) is 5.23. The first kappa shape index (κ1) is 28.7. The maximum atomic E-state index is 13.9. The van der Waals surface area contributed by atoms with Gasteiger partial charge in [0, 0.05) is 16.5 Å². The second-order valence-corrected chi connectivity index (χ2v) is 12.4. The van der Waals surface area contributed by atoms with Gasteiger partial charge in [0.05, 0.1) is 22.2 Å². The van der Waals surface area contributed by atoms with Gasteiger partial charge in [-0.2, -0.15) is 13.2 Å². The molecule has 0 saturated carbocycles. The minimum atomic E-state index is -4.68. The van der Waals surface area contributed by atoms with Crippen LogP contribution in [0.1, 0.15) is 27.5 Å². The van der Waals surface area contributed by atoms with Crippen LogP contribution in [-0.2, 0) is 27.1 Å². The van der Waals surface area contributed by atoms with Gasteiger partial charge >= 0.3 is 11.0 Å². The van der Waals surface area contributed by atoms with Crippen LogP contribution in [0.2, 0.25) is 0 Å². The molecule has 1 saturated heterocycles. The third-order valence-corrected chi connectivity index (χ3v) is 9.97. The SMILES string of the molecule is Cc1ccc(NC(=O)Cn2c3c(sc2=O)C(c2ccc(O)cc2)C2C(=O)N(c4cccc(C(F)(F)F)c4)C(=O)C2S3)cc1. The number of imide groups is 1. The molecular weight excluding hydrogens is 603 g/mol. The molecule has 0 bridgehead atoms. The highest BCUT2D eigenvalue weighted by atomic mass is 32.2. The Kier molecular flexibility index (Phi) is 7.17. The van der Waals surface area contributed by atoms with Gasteiger partial charge in [-0.05, 0) is 55.0 Å². The number of thiazole rings is 1. The number of phenols is 1. The zero-order valence-electron chi connectivity index (χ0n) is 22.3. The van der Waals surface area contributed by atoms with Crippen molar-refractivity contribution in [3.63, 3.8) is 0 Å². The summed E-state index contributed by atoms with van der Waals surface area (Å²) in [5.74, 6) is -3.80. The Morgan fingerprint density at radius 2 is 1.67 bits per heavy atom. The number of phenolic OH excluding ortho intramolecular Hbond substituents is 1. The Balaban J connectivity index is 1.40. The molecule has 220 valence electrons. The van der Waals surface area contributed by atoms with Crippen LogP contribution in [0.15, 0.2) is 82.6 Å². The molecule has 6 rings (SSSR count). The first-order chi connectivity index (χ1) is 20.4. The highest BCUT2D eigenvalue weighted by molar-refractivity contribution is 8.00. The van der Waals surface area contributed by atoms with Gasteiger partial charge in [0.1, 0.15) is 17.5 Å². The molecule has 3 aromatic carbocycles. The van der Waals surface area contributed by atoms with Crippen LogP contribution in [0.5, 0.6) is 5.75 Å². The molecule has 0 radical (unpaired) electrons. The van der Waals surface area contributed by atoms with E-state index in [1.807, 2.05) is 19.1 Å². The molecule has 3 heterocycles. The number of hydrogen-bond donors (Lipinski definition) is 2. The zero-order valence-corrected chi connectivity index (χ0v) is 23.9. The number of aromatic hydroxyl groups is 1. The molecule has 8 nitrogen and oxygen atoms in total. The maximum Gasteiger partial charge on any atom is 0.416 e. The average Bonchev–Trinajstić information content (AvgIpc) is 3.40. The number of hydrogen-bond acceptors (Lipinski definition) is 7. The van der Waals surface area contributed by atoms with Crippen molar-refractivity contribution in [2.45, 2.75) is 35.8 Å². The van der Waals surface area contributed by atoms with Crippen molar-refractivity contribution in [1.29, 1.82) is 0 Å². The van der Waals surface area contributed by atoms with Crippen LogP contribution in [0.4, 0.5) is 24.5 Å². The van der Waals surface area contributed by atoms with E-state index in [0.717, 1.165) is 51.8 Å². The molecule has 43 heavy (non-hydrogen) atoms. The number of nitrogens with one attached hydrogen (secondary N) is 1. The molecule has 4 aromatic rings. The molecule has 1 fully saturated rings. The van der Waals surface area contributed by atoms with Gasteiger partial charge in [-0.3, -0.25) is 23.7 Å². The summed E-state index contributed by atoms with van der Waals surface area (Å²) in [7, 11) is 0. The van der Waals surface area contributed by atoms with E-state index in [0.29, 0.717) is 21.2 Å². The van der Waals surface area contributed by atoms with E-state index >= 15 is 0 Å². The van der Waals surface area contributed by atoms with Crippen molar-refractivity contribution in [3.8, 4) is 5.75 Å². The number of amides is 3. The Morgan fingerprint density at radius 3 is 2.35 bits per heavy atom. The van der Waals surface area contributed by atoms with Crippen molar-refractivity contribution >= 4 is 52.2 Å². The quantitative estimate of drug-likeness (QED) is 0.289. The van der Waals surface area contributed by atoms with Gasteiger partial charge in [-0.1, -0.05) is 59.0 Å². The summed E-state index contributed by atoms with van der Waals surface area (Å²) in [5.41, 5.74) is 0.857. The summed E-state index contributed by atoms with van der Waals surface area (Å²) in [4.78, 5) is 54.6.